The van der Waals surface area contributed by atoms with Crippen molar-refractivity contribution in [1.29, 1.82) is 0 Å². The average Bonchev–Trinajstić information content (AvgIpc) is 2.27. The lowest BCUT2D eigenvalue weighted by atomic mass is 10.0. The van der Waals surface area contributed by atoms with E-state index < -0.39 is 5.91 Å². The third-order valence-corrected chi connectivity index (χ3v) is 2.50. The summed E-state index contributed by atoms with van der Waals surface area (Å²) in [6, 6.07) is 9.15. The molecule has 2 rings (SSSR count). The Kier molecular flexibility index (Phi) is 2.83. The van der Waals surface area contributed by atoms with Gasteiger partial charge in [-0.3, -0.25) is 9.78 Å². The highest BCUT2D eigenvalue weighted by atomic mass is 16.1. The van der Waals surface area contributed by atoms with Crippen molar-refractivity contribution in [2.75, 3.05) is 0 Å². The van der Waals surface area contributed by atoms with Crippen LogP contribution < -0.4 is 11.5 Å². The molecule has 4 nitrogen and oxygen atoms in total. The van der Waals surface area contributed by atoms with Crippen LogP contribution in [-0.4, -0.2) is 10.9 Å². The van der Waals surface area contributed by atoms with Gasteiger partial charge in [0.1, 0.15) is 0 Å². The first-order valence-electron chi connectivity index (χ1n) is 5.06. The summed E-state index contributed by atoms with van der Waals surface area (Å²) >= 11 is 0. The van der Waals surface area contributed by atoms with Gasteiger partial charge in [0.15, 0.2) is 0 Å². The zero-order valence-corrected chi connectivity index (χ0v) is 8.76. The summed E-state index contributed by atoms with van der Waals surface area (Å²) in [7, 11) is 0. The second kappa shape index (κ2) is 4.28. The van der Waals surface area contributed by atoms with Gasteiger partial charge < -0.3 is 11.5 Å². The molecule has 0 aliphatic heterocycles. The van der Waals surface area contributed by atoms with Gasteiger partial charge in [-0.1, -0.05) is 18.2 Å². The number of primary amides is 1. The first-order chi connectivity index (χ1) is 7.68. The Labute approximate surface area is 93.3 Å². The standard InChI is InChI=1S/C12H13N3O/c13-10(7-12(14)16)8-5-6-15-11-4-2-1-3-9(8)11/h1-6,10H,7,13H2,(H2,14,16)/t10-/m0/s1. The first-order valence-corrected chi connectivity index (χ1v) is 5.06. The monoisotopic (exact) mass is 215 g/mol. The van der Waals surface area contributed by atoms with Gasteiger partial charge in [-0.25, -0.2) is 0 Å². The molecule has 0 radical (unpaired) electrons. The molecule has 0 saturated heterocycles. The molecule has 4 heteroatoms. The lowest BCUT2D eigenvalue weighted by Gasteiger charge is -2.12. The van der Waals surface area contributed by atoms with Crippen molar-refractivity contribution < 1.29 is 4.79 Å². The molecule has 1 heterocycles. The summed E-state index contributed by atoms with van der Waals surface area (Å²) in [5.74, 6) is -0.395. The summed E-state index contributed by atoms with van der Waals surface area (Å²) in [4.78, 5) is 15.1. The lowest BCUT2D eigenvalue weighted by molar-refractivity contribution is -0.118. The molecule has 1 aromatic carbocycles. The second-order valence-corrected chi connectivity index (χ2v) is 3.69. The maximum atomic E-state index is 10.8. The van der Waals surface area contributed by atoms with Crippen molar-refractivity contribution in [2.24, 2.45) is 11.5 Å². The molecule has 16 heavy (non-hydrogen) atoms. The second-order valence-electron chi connectivity index (χ2n) is 3.69. The van der Waals surface area contributed by atoms with E-state index in [1.807, 2.05) is 30.3 Å². The maximum absolute atomic E-state index is 10.8. The number of carbonyl (C=O) groups excluding carboxylic acids is 1. The molecule has 0 aliphatic rings. The highest BCUT2D eigenvalue weighted by molar-refractivity contribution is 5.83. The Bertz CT molecular complexity index is 519. The number of pyridine rings is 1. The van der Waals surface area contributed by atoms with Gasteiger partial charge in [0.25, 0.3) is 0 Å². The molecule has 1 aromatic heterocycles. The van der Waals surface area contributed by atoms with E-state index in [0.29, 0.717) is 0 Å². The van der Waals surface area contributed by atoms with Gasteiger partial charge in [-0.2, -0.15) is 0 Å². The molecule has 0 saturated carbocycles. The molecular weight excluding hydrogens is 202 g/mol. The molecule has 2 aromatic rings. The predicted octanol–water partition coefficient (Wildman–Crippen LogP) is 1.11. The van der Waals surface area contributed by atoms with Gasteiger partial charge >= 0.3 is 0 Å². The Morgan fingerprint density at radius 2 is 2.06 bits per heavy atom. The quantitative estimate of drug-likeness (QED) is 0.804. The maximum Gasteiger partial charge on any atom is 0.219 e. The fourth-order valence-electron chi connectivity index (χ4n) is 1.77. The first kappa shape index (κ1) is 10.6. The third kappa shape index (κ3) is 2.01. The molecule has 4 N–H and O–H groups in total. The summed E-state index contributed by atoms with van der Waals surface area (Å²) in [5, 5.41) is 0.971. The number of fused-ring (bicyclic) bond motifs is 1. The van der Waals surface area contributed by atoms with E-state index in [9.17, 15) is 4.79 Å². The van der Waals surface area contributed by atoms with E-state index in [1.54, 1.807) is 6.20 Å². The molecule has 0 spiro atoms. The normalized spacial score (nSPS) is 12.6. The number of benzene rings is 1. The minimum atomic E-state index is -0.395. The van der Waals surface area contributed by atoms with E-state index in [4.69, 9.17) is 11.5 Å². The molecule has 0 aliphatic carbocycles. The molecule has 1 atom stereocenters. The molecule has 82 valence electrons. The number of nitrogens with two attached hydrogens (primary N) is 2. The van der Waals surface area contributed by atoms with Crippen LogP contribution in [0.5, 0.6) is 0 Å². The minimum Gasteiger partial charge on any atom is -0.370 e. The number of amides is 1. The van der Waals surface area contributed by atoms with Crippen LogP contribution in [0.1, 0.15) is 18.0 Å². The van der Waals surface area contributed by atoms with Crippen molar-refractivity contribution in [3.8, 4) is 0 Å². The highest BCUT2D eigenvalue weighted by Gasteiger charge is 2.12. The Morgan fingerprint density at radius 1 is 1.31 bits per heavy atom. The van der Waals surface area contributed by atoms with Gasteiger partial charge in [-0.05, 0) is 17.7 Å². The van der Waals surface area contributed by atoms with E-state index in [0.717, 1.165) is 16.5 Å². The van der Waals surface area contributed by atoms with E-state index in [-0.39, 0.29) is 12.5 Å². The zero-order chi connectivity index (χ0) is 11.5. The number of hydrogen-bond donors (Lipinski definition) is 2. The van der Waals surface area contributed by atoms with E-state index >= 15 is 0 Å². The molecular formula is C12H13N3O. The Balaban J connectivity index is 2.47. The van der Waals surface area contributed by atoms with Crippen LogP contribution >= 0.6 is 0 Å². The van der Waals surface area contributed by atoms with Crippen LogP contribution in [0, 0.1) is 0 Å². The van der Waals surface area contributed by atoms with Gasteiger partial charge in [0.2, 0.25) is 5.91 Å². The summed E-state index contributed by atoms with van der Waals surface area (Å²) in [5.41, 5.74) is 12.9. The zero-order valence-electron chi connectivity index (χ0n) is 8.76. The fraction of sp³-hybridized carbons (Fsp3) is 0.167. The fourth-order valence-corrected chi connectivity index (χ4v) is 1.77. The summed E-state index contributed by atoms with van der Waals surface area (Å²) in [6.07, 6.45) is 1.84. The third-order valence-electron chi connectivity index (χ3n) is 2.50. The van der Waals surface area contributed by atoms with Crippen LogP contribution in [0.2, 0.25) is 0 Å². The van der Waals surface area contributed by atoms with Crippen LogP contribution in [-0.2, 0) is 4.79 Å². The van der Waals surface area contributed by atoms with Crippen molar-refractivity contribution >= 4 is 16.8 Å². The Hall–Kier alpha value is -1.94. The lowest BCUT2D eigenvalue weighted by Crippen LogP contribution is -2.20. The molecule has 0 fully saturated rings. The molecule has 0 unspecified atom stereocenters. The van der Waals surface area contributed by atoms with Gasteiger partial charge in [0.05, 0.1) is 5.52 Å². The Morgan fingerprint density at radius 3 is 2.81 bits per heavy atom. The van der Waals surface area contributed by atoms with Crippen molar-refractivity contribution in [3.63, 3.8) is 0 Å². The molecule has 1 amide bonds. The van der Waals surface area contributed by atoms with Crippen molar-refractivity contribution in [1.82, 2.24) is 4.98 Å². The largest absolute Gasteiger partial charge is 0.370 e. The molecule has 0 bridgehead atoms. The van der Waals surface area contributed by atoms with Crippen molar-refractivity contribution in [3.05, 3.63) is 42.1 Å². The highest BCUT2D eigenvalue weighted by Crippen LogP contribution is 2.22. The number of rotatable bonds is 3. The number of aromatic nitrogens is 1. The SMILES string of the molecule is NC(=O)C[C@H](N)c1ccnc2ccccc12. The van der Waals surface area contributed by atoms with Gasteiger partial charge in [-0.15, -0.1) is 0 Å². The summed E-state index contributed by atoms with van der Waals surface area (Å²) < 4.78 is 0. The number of hydrogen-bond acceptors (Lipinski definition) is 3. The van der Waals surface area contributed by atoms with E-state index in [2.05, 4.69) is 4.98 Å². The summed E-state index contributed by atoms with van der Waals surface area (Å²) in [6.45, 7) is 0. The van der Waals surface area contributed by atoms with Crippen LogP contribution in [0.4, 0.5) is 0 Å². The average molecular weight is 215 g/mol. The van der Waals surface area contributed by atoms with Crippen LogP contribution in [0.15, 0.2) is 36.5 Å². The van der Waals surface area contributed by atoms with E-state index in [1.165, 1.54) is 0 Å². The number of nitrogens with zero attached hydrogens (tertiary/aromatic N) is 1. The topological polar surface area (TPSA) is 82.0 Å². The minimum absolute atomic E-state index is 0.147. The van der Waals surface area contributed by atoms with Crippen LogP contribution in [0.3, 0.4) is 0 Å². The smallest absolute Gasteiger partial charge is 0.219 e. The van der Waals surface area contributed by atoms with Crippen molar-refractivity contribution in [2.45, 2.75) is 12.5 Å². The van der Waals surface area contributed by atoms with Crippen LogP contribution in [0.25, 0.3) is 10.9 Å². The number of para-hydroxylation sites is 1. The predicted molar refractivity (Wildman–Crippen MR) is 62.5 cm³/mol. The van der Waals surface area contributed by atoms with Gasteiger partial charge in [0, 0.05) is 24.0 Å². The number of carbonyl (C=O) groups is 1.